The lowest BCUT2D eigenvalue weighted by Gasteiger charge is -2.28. The van der Waals surface area contributed by atoms with Crippen LogP contribution in [0.1, 0.15) is 206 Å². The monoisotopic (exact) mass is 944 g/mol. The van der Waals surface area contributed by atoms with Crippen LogP contribution in [-0.2, 0) is 32.7 Å². The molecule has 0 aromatic heterocycles. The van der Waals surface area contributed by atoms with E-state index in [1.165, 1.54) is 77.0 Å². The highest BCUT2D eigenvalue weighted by atomic mass is 31.2. The fourth-order valence-corrected chi connectivity index (χ4v) is 7.62. The molecule has 9 nitrogen and oxygen atoms in total. The fraction of sp³-hybridized carbons (Fsp3) is 0.714. The molecule has 0 saturated carbocycles. The van der Waals surface area contributed by atoms with E-state index in [1.807, 2.05) is 21.1 Å². The van der Waals surface area contributed by atoms with Gasteiger partial charge in [-0.25, -0.2) is 0 Å². The number of carbonyl (C=O) groups is 2. The van der Waals surface area contributed by atoms with Gasteiger partial charge in [0.2, 0.25) is 0 Å². The first kappa shape index (κ1) is 63.2. The number of phosphoric acid groups is 1. The van der Waals surface area contributed by atoms with Gasteiger partial charge >= 0.3 is 11.9 Å². The molecule has 0 aliphatic heterocycles. The average Bonchev–Trinajstić information content (AvgIpc) is 3.27. The number of quaternary nitrogens is 1. The van der Waals surface area contributed by atoms with Crippen molar-refractivity contribution >= 4 is 19.8 Å². The molecule has 0 aliphatic rings. The van der Waals surface area contributed by atoms with Crippen molar-refractivity contribution in [1.29, 1.82) is 0 Å². The predicted molar refractivity (Wildman–Crippen MR) is 277 cm³/mol. The minimum absolute atomic E-state index is 0.0366. The van der Waals surface area contributed by atoms with E-state index in [9.17, 15) is 19.0 Å². The summed E-state index contributed by atoms with van der Waals surface area (Å²) < 4.78 is 34.1. The van der Waals surface area contributed by atoms with Crippen LogP contribution in [-0.4, -0.2) is 70.0 Å². The molecular weight excluding hydrogens is 846 g/mol. The van der Waals surface area contributed by atoms with Gasteiger partial charge in [0.05, 0.1) is 27.7 Å². The molecule has 2 atom stereocenters. The fourth-order valence-electron chi connectivity index (χ4n) is 6.90. The van der Waals surface area contributed by atoms with E-state index in [1.54, 1.807) is 0 Å². The summed E-state index contributed by atoms with van der Waals surface area (Å²) in [4.78, 5) is 37.8. The minimum Gasteiger partial charge on any atom is -0.756 e. The summed E-state index contributed by atoms with van der Waals surface area (Å²) in [5.41, 5.74) is 0. The van der Waals surface area contributed by atoms with Gasteiger partial charge in [0.15, 0.2) is 6.10 Å². The Bertz CT molecular complexity index is 1390. The largest absolute Gasteiger partial charge is 0.756 e. The molecule has 380 valence electrons. The molecule has 2 unspecified atom stereocenters. The smallest absolute Gasteiger partial charge is 0.306 e. The highest BCUT2D eigenvalue weighted by Crippen LogP contribution is 2.38. The number of unbranched alkanes of at least 4 members (excludes halogenated alkanes) is 19. The third-order valence-corrected chi connectivity index (χ3v) is 11.9. The van der Waals surface area contributed by atoms with E-state index in [2.05, 4.69) is 98.9 Å². The van der Waals surface area contributed by atoms with Gasteiger partial charge in [-0.3, -0.25) is 14.2 Å². The number of allylic oxidation sites excluding steroid dienone is 14. The van der Waals surface area contributed by atoms with Gasteiger partial charge < -0.3 is 27.9 Å². The van der Waals surface area contributed by atoms with Crippen molar-refractivity contribution in [3.05, 3.63) is 85.1 Å². The van der Waals surface area contributed by atoms with Crippen LogP contribution in [0.15, 0.2) is 85.1 Å². The van der Waals surface area contributed by atoms with Crippen molar-refractivity contribution in [2.75, 3.05) is 47.5 Å². The first-order chi connectivity index (χ1) is 32.0. The highest BCUT2D eigenvalue weighted by molar-refractivity contribution is 7.45. The number of likely N-dealkylation sites (N-methyl/N-ethyl adjacent to an activating group) is 1. The second-order valence-electron chi connectivity index (χ2n) is 18.5. The van der Waals surface area contributed by atoms with E-state index in [0.29, 0.717) is 23.9 Å². The molecule has 0 aromatic carbocycles. The maximum Gasteiger partial charge on any atom is 0.306 e. The molecule has 0 bridgehead atoms. The van der Waals surface area contributed by atoms with Crippen LogP contribution in [0.3, 0.4) is 0 Å². The molecule has 0 radical (unpaired) electrons. The molecule has 0 rings (SSSR count). The van der Waals surface area contributed by atoms with Crippen molar-refractivity contribution < 1.29 is 42.1 Å². The lowest BCUT2D eigenvalue weighted by Crippen LogP contribution is -2.37. The number of nitrogens with zero attached hydrogens (tertiary/aromatic N) is 1. The second kappa shape index (κ2) is 47.3. The van der Waals surface area contributed by atoms with E-state index < -0.39 is 32.5 Å². The van der Waals surface area contributed by atoms with E-state index in [0.717, 1.165) is 89.9 Å². The summed E-state index contributed by atoms with van der Waals surface area (Å²) in [5, 5.41) is 0. The summed E-state index contributed by atoms with van der Waals surface area (Å²) in [7, 11) is 1.15. The zero-order valence-corrected chi connectivity index (χ0v) is 43.8. The van der Waals surface area contributed by atoms with Crippen molar-refractivity contribution in [2.45, 2.75) is 213 Å². The lowest BCUT2D eigenvalue weighted by atomic mass is 10.0. The molecule has 10 heteroatoms. The van der Waals surface area contributed by atoms with Gasteiger partial charge in [-0.1, -0.05) is 195 Å². The highest BCUT2D eigenvalue weighted by Gasteiger charge is 2.21. The van der Waals surface area contributed by atoms with Crippen LogP contribution in [0.4, 0.5) is 0 Å². The third-order valence-electron chi connectivity index (χ3n) is 10.9. The van der Waals surface area contributed by atoms with Crippen molar-refractivity contribution in [3.8, 4) is 0 Å². The third kappa shape index (κ3) is 50.6. The Balaban J connectivity index is 4.23. The lowest BCUT2D eigenvalue weighted by molar-refractivity contribution is -0.870. The van der Waals surface area contributed by atoms with Crippen LogP contribution in [0.2, 0.25) is 0 Å². The van der Waals surface area contributed by atoms with Gasteiger partial charge in [0.25, 0.3) is 7.82 Å². The Morgan fingerprint density at radius 2 is 0.818 bits per heavy atom. The molecule has 0 heterocycles. The van der Waals surface area contributed by atoms with Gasteiger partial charge in [0, 0.05) is 12.8 Å². The van der Waals surface area contributed by atoms with Gasteiger partial charge in [-0.2, -0.15) is 0 Å². The number of hydrogen-bond acceptors (Lipinski definition) is 8. The van der Waals surface area contributed by atoms with E-state index in [4.69, 9.17) is 18.5 Å². The van der Waals surface area contributed by atoms with Crippen LogP contribution in [0.25, 0.3) is 0 Å². The second-order valence-corrected chi connectivity index (χ2v) is 19.9. The van der Waals surface area contributed by atoms with Crippen molar-refractivity contribution in [3.63, 3.8) is 0 Å². The quantitative estimate of drug-likeness (QED) is 0.0195. The number of ether oxygens (including phenoxy) is 2. The number of hydrogen-bond donors (Lipinski definition) is 0. The van der Waals surface area contributed by atoms with E-state index in [-0.39, 0.29) is 26.1 Å². The predicted octanol–water partition coefficient (Wildman–Crippen LogP) is 15.3. The van der Waals surface area contributed by atoms with Crippen LogP contribution < -0.4 is 4.89 Å². The molecule has 0 N–H and O–H groups in total. The van der Waals surface area contributed by atoms with E-state index >= 15 is 0 Å². The minimum atomic E-state index is -4.64. The van der Waals surface area contributed by atoms with Crippen LogP contribution in [0.5, 0.6) is 0 Å². The zero-order valence-electron chi connectivity index (χ0n) is 42.9. The topological polar surface area (TPSA) is 111 Å². The van der Waals surface area contributed by atoms with Crippen molar-refractivity contribution in [2.24, 2.45) is 0 Å². The Morgan fingerprint density at radius 1 is 0.470 bits per heavy atom. The Kier molecular flexibility index (Phi) is 45.3. The molecule has 66 heavy (non-hydrogen) atoms. The summed E-state index contributed by atoms with van der Waals surface area (Å²) >= 11 is 0. The molecular formula is C56H98NO8P. The first-order valence-electron chi connectivity index (χ1n) is 26.3. The van der Waals surface area contributed by atoms with Crippen LogP contribution >= 0.6 is 7.82 Å². The maximum atomic E-state index is 12.8. The summed E-state index contributed by atoms with van der Waals surface area (Å²) in [6, 6.07) is 0. The number of esters is 2. The Hall–Kier alpha value is -2.81. The average molecular weight is 944 g/mol. The van der Waals surface area contributed by atoms with Gasteiger partial charge in [-0.05, 0) is 83.5 Å². The first-order valence-corrected chi connectivity index (χ1v) is 27.8. The number of carbonyl (C=O) groups excluding carboxylic acids is 2. The Morgan fingerprint density at radius 3 is 1.21 bits per heavy atom. The number of phosphoric ester groups is 1. The Labute approximate surface area is 405 Å². The molecule has 0 aliphatic carbocycles. The standard InChI is InChI=1S/C56H98NO8P/c1-6-8-10-12-14-16-18-20-22-24-25-26-27-28-29-30-31-33-35-37-39-41-43-45-47-49-56(59)65-54(53-64-66(60,61)63-51-50-57(3,4)5)52-62-55(58)48-46-44-42-40-38-36-34-32-23-21-19-17-15-13-11-9-7-2/h8-11,14-17,20-23,25-26,54H,6-7,12-13,18-19,24,27-53H2,1-5H3/b10-8-,11-9-,16-14-,17-15-,22-20-,23-21-,26-25-. The summed E-state index contributed by atoms with van der Waals surface area (Å²) in [6.45, 7) is 4.00. The molecule has 0 saturated heterocycles. The van der Waals surface area contributed by atoms with Crippen LogP contribution in [0, 0.1) is 0 Å². The zero-order chi connectivity index (χ0) is 48.5. The van der Waals surface area contributed by atoms with Gasteiger partial charge in [-0.15, -0.1) is 0 Å². The SMILES string of the molecule is CC/C=C\C/C=C\C/C=C\C/C=C\CCCCCCCCCCCCCCC(=O)OC(COC(=O)CCCCCCCCC/C=C\C/C=C\C/C=C\CC)COP(=O)([O-])OCC[N+](C)(C)C. The summed E-state index contributed by atoms with van der Waals surface area (Å²) in [6.07, 6.45) is 61.8. The molecule has 0 aromatic rings. The normalized spacial score (nSPS) is 14.1. The molecule has 0 amide bonds. The molecule has 0 fully saturated rings. The summed E-state index contributed by atoms with van der Waals surface area (Å²) in [5.74, 6) is -0.850. The number of rotatable bonds is 47. The molecule has 0 spiro atoms. The van der Waals surface area contributed by atoms with Crippen molar-refractivity contribution in [1.82, 2.24) is 0 Å². The maximum absolute atomic E-state index is 12.8. The van der Waals surface area contributed by atoms with Gasteiger partial charge in [0.1, 0.15) is 19.8 Å².